The number of hydrogen-bond donors (Lipinski definition) is 0. The van der Waals surface area contributed by atoms with Gasteiger partial charge in [-0.2, -0.15) is 4.89 Å². The van der Waals surface area contributed by atoms with Gasteiger partial charge in [0, 0.05) is 24.3 Å². The second-order valence-corrected chi connectivity index (χ2v) is 13.2. The van der Waals surface area contributed by atoms with Gasteiger partial charge in [0.2, 0.25) is 0 Å². The summed E-state index contributed by atoms with van der Waals surface area (Å²) in [4.78, 5) is 45.5. The minimum atomic E-state index is -1.33. The van der Waals surface area contributed by atoms with E-state index in [-0.39, 0.29) is 5.78 Å². The first-order chi connectivity index (χ1) is 22.0. The van der Waals surface area contributed by atoms with Crippen molar-refractivity contribution in [3.63, 3.8) is 0 Å². The molecule has 0 amide bonds. The molecule has 7 nitrogen and oxygen atoms in total. The number of morpholine rings is 1. The number of Topliss-reactive ketones (excluding diaryl/α,β-unsaturated/α-hetero) is 1. The SMILES string of the molecule is CCC1=C(C(=O)OOC(C)(C)C)C(Cc2ccccc2)(N(C)C)C(C(=O)c2ccccc2)(c2ccc(N3CCOCC3)cc2)C=C1. The van der Waals surface area contributed by atoms with Crippen LogP contribution in [-0.4, -0.2) is 68.2 Å². The summed E-state index contributed by atoms with van der Waals surface area (Å²) in [7, 11) is 3.89. The predicted octanol–water partition coefficient (Wildman–Crippen LogP) is 6.74. The Hall–Kier alpha value is -4.04. The second-order valence-electron chi connectivity index (χ2n) is 13.2. The maximum Gasteiger partial charge on any atom is 0.371 e. The highest BCUT2D eigenvalue weighted by Crippen LogP contribution is 2.53. The molecule has 3 aromatic carbocycles. The van der Waals surface area contributed by atoms with E-state index >= 15 is 4.79 Å². The fourth-order valence-electron chi connectivity index (χ4n) is 6.87. The zero-order chi connectivity index (χ0) is 33.0. The fraction of sp³-hybridized carbons (Fsp3) is 0.385. The molecule has 242 valence electrons. The van der Waals surface area contributed by atoms with Crippen LogP contribution in [0.2, 0.25) is 0 Å². The average Bonchev–Trinajstić information content (AvgIpc) is 3.07. The van der Waals surface area contributed by atoms with E-state index < -0.39 is 22.5 Å². The molecule has 0 radical (unpaired) electrons. The highest BCUT2D eigenvalue weighted by atomic mass is 17.2. The largest absolute Gasteiger partial charge is 0.378 e. The van der Waals surface area contributed by atoms with Crippen LogP contribution in [-0.2, 0) is 31.1 Å². The molecule has 1 aliphatic carbocycles. The molecule has 0 saturated carbocycles. The van der Waals surface area contributed by atoms with E-state index in [1.54, 1.807) is 0 Å². The Kier molecular flexibility index (Phi) is 9.96. The monoisotopic (exact) mass is 622 g/mol. The van der Waals surface area contributed by atoms with Crippen LogP contribution >= 0.6 is 0 Å². The summed E-state index contributed by atoms with van der Waals surface area (Å²) in [5, 5.41) is 0. The third kappa shape index (κ3) is 6.32. The molecular formula is C39H46N2O5. The standard InChI is InChI=1S/C39H46N2O5/c1-7-30-22-23-38(35(42)31-16-12-9-13-17-31,32-18-20-33(21-19-32)41-24-26-44-27-25-41)39(40(5)6,28-29-14-10-8-11-15-29)34(30)36(43)45-46-37(2,3)4/h8-23H,7,24-28H2,1-6H3. The van der Waals surface area contributed by atoms with E-state index in [9.17, 15) is 4.79 Å². The first-order valence-electron chi connectivity index (χ1n) is 16.1. The third-order valence-electron chi connectivity index (χ3n) is 9.03. The zero-order valence-electron chi connectivity index (χ0n) is 27.9. The van der Waals surface area contributed by atoms with Crippen molar-refractivity contribution >= 4 is 17.4 Å². The molecule has 1 saturated heterocycles. The van der Waals surface area contributed by atoms with E-state index in [1.807, 2.05) is 132 Å². The zero-order valence-corrected chi connectivity index (χ0v) is 27.9. The quantitative estimate of drug-likeness (QED) is 0.141. The summed E-state index contributed by atoms with van der Waals surface area (Å²) in [6.07, 6.45) is 4.89. The van der Waals surface area contributed by atoms with Crippen LogP contribution < -0.4 is 4.90 Å². The third-order valence-corrected chi connectivity index (χ3v) is 9.03. The maximum atomic E-state index is 15.4. The summed E-state index contributed by atoms with van der Waals surface area (Å²) in [6.45, 7) is 10.5. The van der Waals surface area contributed by atoms with E-state index in [2.05, 4.69) is 17.0 Å². The molecule has 7 heteroatoms. The molecule has 2 aliphatic rings. The smallest absolute Gasteiger partial charge is 0.371 e. The number of carbonyl (C=O) groups excluding carboxylic acids is 2. The number of carbonyl (C=O) groups is 2. The van der Waals surface area contributed by atoms with Gasteiger partial charge in [0.1, 0.15) is 5.60 Å². The number of rotatable bonds is 10. The van der Waals surface area contributed by atoms with E-state index in [1.165, 1.54) is 0 Å². The van der Waals surface area contributed by atoms with Gasteiger partial charge in [0.05, 0.1) is 29.7 Å². The normalized spacial score (nSPS) is 21.8. The molecule has 3 aromatic rings. The van der Waals surface area contributed by atoms with Crippen LogP contribution in [0, 0.1) is 0 Å². The van der Waals surface area contributed by atoms with Crippen molar-refractivity contribution < 1.29 is 24.1 Å². The van der Waals surface area contributed by atoms with Crippen molar-refractivity contribution in [2.45, 2.75) is 57.1 Å². The lowest BCUT2D eigenvalue weighted by molar-refractivity contribution is -0.318. The summed E-state index contributed by atoms with van der Waals surface area (Å²) in [6, 6.07) is 27.6. The Morgan fingerprint density at radius 3 is 2.07 bits per heavy atom. The van der Waals surface area contributed by atoms with Crippen molar-refractivity contribution in [1.29, 1.82) is 0 Å². The van der Waals surface area contributed by atoms with E-state index in [0.29, 0.717) is 37.2 Å². The van der Waals surface area contributed by atoms with Gasteiger partial charge in [0.15, 0.2) is 5.78 Å². The summed E-state index contributed by atoms with van der Waals surface area (Å²) in [5.41, 5.74) is 1.35. The summed E-state index contributed by atoms with van der Waals surface area (Å²) < 4.78 is 5.58. The molecule has 2 unspecified atom stereocenters. The first kappa shape index (κ1) is 33.3. The van der Waals surface area contributed by atoms with Gasteiger partial charge in [-0.3, -0.25) is 14.6 Å². The Balaban J connectivity index is 1.81. The van der Waals surface area contributed by atoms with E-state index in [4.69, 9.17) is 14.5 Å². The van der Waals surface area contributed by atoms with Crippen molar-refractivity contribution in [3.8, 4) is 0 Å². The molecule has 0 N–H and O–H groups in total. The van der Waals surface area contributed by atoms with Crippen molar-refractivity contribution in [1.82, 2.24) is 4.90 Å². The minimum absolute atomic E-state index is 0.106. The van der Waals surface area contributed by atoms with Crippen LogP contribution in [0.1, 0.15) is 55.6 Å². The van der Waals surface area contributed by atoms with Gasteiger partial charge >= 0.3 is 5.97 Å². The maximum absolute atomic E-state index is 15.4. The van der Waals surface area contributed by atoms with Crippen molar-refractivity contribution in [2.75, 3.05) is 45.3 Å². The topological polar surface area (TPSA) is 68.3 Å². The van der Waals surface area contributed by atoms with Gasteiger partial charge in [0.25, 0.3) is 0 Å². The lowest BCUT2D eigenvalue weighted by Gasteiger charge is -2.55. The fourth-order valence-corrected chi connectivity index (χ4v) is 6.87. The number of nitrogens with zero attached hydrogens (tertiary/aromatic N) is 2. The molecule has 1 aliphatic heterocycles. The number of anilines is 1. The molecule has 46 heavy (non-hydrogen) atoms. The lowest BCUT2D eigenvalue weighted by atomic mass is 9.53. The number of hydrogen-bond acceptors (Lipinski definition) is 7. The Morgan fingerprint density at radius 2 is 1.50 bits per heavy atom. The minimum Gasteiger partial charge on any atom is -0.378 e. The van der Waals surface area contributed by atoms with E-state index in [0.717, 1.165) is 35.5 Å². The number of benzene rings is 3. The van der Waals surface area contributed by atoms with Crippen LogP contribution in [0.4, 0.5) is 5.69 Å². The first-order valence-corrected chi connectivity index (χ1v) is 16.1. The molecule has 1 heterocycles. The number of likely N-dealkylation sites (N-methyl/N-ethyl adjacent to an activating group) is 1. The second kappa shape index (κ2) is 13.8. The Labute approximate surface area is 273 Å². The molecule has 0 bridgehead atoms. The molecule has 2 atom stereocenters. The van der Waals surface area contributed by atoms with Crippen LogP contribution in [0.5, 0.6) is 0 Å². The van der Waals surface area contributed by atoms with Gasteiger partial charge in [-0.25, -0.2) is 4.79 Å². The van der Waals surface area contributed by atoms with Gasteiger partial charge in [-0.15, -0.1) is 0 Å². The summed E-state index contributed by atoms with van der Waals surface area (Å²) in [5.74, 6) is -0.707. The van der Waals surface area contributed by atoms with Crippen LogP contribution in [0.15, 0.2) is 108 Å². The molecule has 0 aromatic heterocycles. The van der Waals surface area contributed by atoms with Crippen LogP contribution in [0.3, 0.4) is 0 Å². The Morgan fingerprint density at radius 1 is 0.891 bits per heavy atom. The van der Waals surface area contributed by atoms with Crippen LogP contribution in [0.25, 0.3) is 0 Å². The number of allylic oxidation sites excluding steroid dienone is 2. The number of ether oxygens (including phenoxy) is 1. The Bertz CT molecular complexity index is 1570. The van der Waals surface area contributed by atoms with Gasteiger partial charge in [-0.05, 0) is 76.5 Å². The number of ketones is 1. The van der Waals surface area contributed by atoms with Crippen molar-refractivity contribution in [2.24, 2.45) is 0 Å². The summed E-state index contributed by atoms with van der Waals surface area (Å²) >= 11 is 0. The van der Waals surface area contributed by atoms with Gasteiger partial charge < -0.3 is 9.64 Å². The highest BCUT2D eigenvalue weighted by Gasteiger charge is 2.63. The van der Waals surface area contributed by atoms with Gasteiger partial charge in [-0.1, -0.05) is 91.9 Å². The van der Waals surface area contributed by atoms with Crippen molar-refractivity contribution in [3.05, 3.63) is 125 Å². The molecular weight excluding hydrogens is 576 g/mol. The average molecular weight is 623 g/mol. The highest BCUT2D eigenvalue weighted by molar-refractivity contribution is 6.10. The molecule has 0 spiro atoms. The molecule has 1 fully saturated rings. The predicted molar refractivity (Wildman–Crippen MR) is 182 cm³/mol. The lowest BCUT2D eigenvalue weighted by Crippen LogP contribution is -2.67. The molecule has 5 rings (SSSR count).